The summed E-state index contributed by atoms with van der Waals surface area (Å²) < 4.78 is 0. The third-order valence-corrected chi connectivity index (χ3v) is 11.1. The minimum atomic E-state index is 0. The Morgan fingerprint density at radius 2 is 0.918 bits per heavy atom. The zero-order valence-electron chi connectivity index (χ0n) is 33.8. The third kappa shape index (κ3) is 7.99. The second kappa shape index (κ2) is 17.4. The monoisotopic (exact) mass is 1000 g/mol. The van der Waals surface area contributed by atoms with Crippen LogP contribution >= 0.6 is 0 Å². The number of pyridine rings is 1. The first-order valence-corrected chi connectivity index (χ1v) is 20.1. The molecule has 10 rings (SSSR count). The molecule has 0 aliphatic carbocycles. The van der Waals surface area contributed by atoms with Gasteiger partial charge in [-0.1, -0.05) is 145 Å². The van der Waals surface area contributed by atoms with Crippen molar-refractivity contribution < 1.29 is 31.1 Å². The van der Waals surface area contributed by atoms with Gasteiger partial charge in [-0.15, -0.1) is 23.8 Å². The minimum Gasteiger partial charge on any atom is -0.247 e. The van der Waals surface area contributed by atoms with Crippen molar-refractivity contribution >= 4 is 10.9 Å². The first kappa shape index (κ1) is 39.7. The molecule has 5 heteroatoms. The maximum absolute atomic E-state index is 5.35. The molecule has 2 aromatic heterocycles. The van der Waals surface area contributed by atoms with Crippen LogP contribution in [0.15, 0.2) is 194 Å². The molecule has 0 spiro atoms. The number of aryl methyl sites for hydroxylation is 1. The van der Waals surface area contributed by atoms with Crippen LogP contribution in [0.1, 0.15) is 11.1 Å². The van der Waals surface area contributed by atoms with E-state index < -0.39 is 0 Å². The number of rotatable bonds is 8. The van der Waals surface area contributed by atoms with Gasteiger partial charge in [0, 0.05) is 27.6 Å². The Bertz CT molecular complexity index is 3070. The van der Waals surface area contributed by atoms with Gasteiger partial charge in [-0.25, -0.2) is 31.1 Å². The van der Waals surface area contributed by atoms with E-state index in [4.69, 9.17) is 19.9 Å². The number of hydrogen-bond donors (Lipinski definition) is 0. The molecule has 8 aromatic carbocycles. The van der Waals surface area contributed by atoms with Crippen LogP contribution in [-0.2, 0) is 0 Å². The summed E-state index contributed by atoms with van der Waals surface area (Å²) in [6.45, 7) is 4.38. The molecule has 0 radical (unpaired) electrons. The van der Waals surface area contributed by atoms with Gasteiger partial charge in [0.15, 0.2) is 17.5 Å². The molecule has 61 heavy (non-hydrogen) atoms. The summed E-state index contributed by atoms with van der Waals surface area (Å²) in [7, 11) is 0. The van der Waals surface area contributed by atoms with E-state index in [2.05, 4.69) is 129 Å². The van der Waals surface area contributed by atoms with Crippen molar-refractivity contribution in [3.63, 3.8) is 0 Å². The number of hydrogen-bond acceptors (Lipinski definition) is 4. The Balaban J connectivity index is 0.00000476. The van der Waals surface area contributed by atoms with Crippen LogP contribution in [0.4, 0.5) is 0 Å². The molecule has 0 amide bonds. The molecule has 4 nitrogen and oxygen atoms in total. The first-order valence-electron chi connectivity index (χ1n) is 20.1. The van der Waals surface area contributed by atoms with E-state index in [1.165, 1.54) is 16.7 Å². The second-order valence-electron chi connectivity index (χ2n) is 14.9. The van der Waals surface area contributed by atoms with Crippen molar-refractivity contribution in [2.75, 3.05) is 0 Å². The zero-order valence-corrected chi connectivity index (χ0v) is 37.9. The quantitative estimate of drug-likeness (QED) is 0.142. The number of aromatic nitrogens is 4. The van der Waals surface area contributed by atoms with E-state index in [1.54, 1.807) is 0 Å². The molecule has 286 valence electrons. The van der Waals surface area contributed by atoms with Gasteiger partial charge in [-0.3, -0.25) is 0 Å². The van der Waals surface area contributed by atoms with E-state index in [1.807, 2.05) is 91.0 Å². The molecule has 0 atom stereocenters. The van der Waals surface area contributed by atoms with Gasteiger partial charge < -0.3 is 0 Å². The van der Waals surface area contributed by atoms with Crippen LogP contribution in [0, 0.1) is 57.1 Å². The average Bonchev–Trinajstić information content (AvgIpc) is 3.32. The minimum absolute atomic E-state index is 0. The Labute approximate surface area is 380 Å². The van der Waals surface area contributed by atoms with E-state index in [-0.39, 0.29) is 31.1 Å². The van der Waals surface area contributed by atoms with Crippen LogP contribution in [0.3, 0.4) is 0 Å². The van der Waals surface area contributed by atoms with Gasteiger partial charge >= 0.3 is 31.1 Å². The molecule has 0 aliphatic heterocycles. The smallest absolute Gasteiger partial charge is 0.247 e. The number of fused-ring (bicyclic) bond motifs is 1. The maximum atomic E-state index is 5.35. The Morgan fingerprint density at radius 3 is 1.56 bits per heavy atom. The first-order chi connectivity index (χ1) is 29.6. The van der Waals surface area contributed by atoms with E-state index in [9.17, 15) is 0 Å². The fourth-order valence-corrected chi connectivity index (χ4v) is 8.03. The van der Waals surface area contributed by atoms with Crippen LogP contribution in [0.5, 0.6) is 0 Å². The second-order valence-corrected chi connectivity index (χ2v) is 14.9. The third-order valence-electron chi connectivity index (χ3n) is 11.1. The summed E-state index contributed by atoms with van der Waals surface area (Å²) in [5.74, 6) is 1.90. The standard InChI is InChI=1S/C56H38N4.U/c1-37-16-12-13-23-47(37)52-38(2)53(42-30-32-45(33-31-42)56-59-54(43-19-8-4-9-20-43)58-55(60-56)44-21-10-5-11-22-44)57-51-35-34-46(36-50(51)52)39-26-28-41(29-27-39)49-25-15-14-24-48(49)40-17-6-3-7-18-40;/h3-17,19-23,25-36H,1-2H3;/q-2;+2. The average molecular weight is 1000 g/mol. The Morgan fingerprint density at radius 1 is 0.393 bits per heavy atom. The molecule has 10 aromatic rings. The molecular weight excluding hydrogens is 967 g/mol. The van der Waals surface area contributed by atoms with Gasteiger partial charge in [-0.05, 0) is 59.4 Å². The van der Waals surface area contributed by atoms with Crippen molar-refractivity contribution in [2.45, 2.75) is 13.8 Å². The Kier molecular flexibility index (Phi) is 11.3. The summed E-state index contributed by atoms with van der Waals surface area (Å²) in [6, 6.07) is 73.7. The molecule has 0 fully saturated rings. The molecule has 2 heterocycles. The van der Waals surface area contributed by atoms with Crippen LogP contribution < -0.4 is 0 Å². The van der Waals surface area contributed by atoms with Gasteiger partial charge in [0.25, 0.3) is 0 Å². The van der Waals surface area contributed by atoms with Crippen LogP contribution in [0.2, 0.25) is 0 Å². The summed E-state index contributed by atoms with van der Waals surface area (Å²) >= 11 is 0. The predicted molar refractivity (Wildman–Crippen MR) is 246 cm³/mol. The van der Waals surface area contributed by atoms with Gasteiger partial charge in [0.2, 0.25) is 0 Å². The fraction of sp³-hybridized carbons (Fsp3) is 0.0357. The van der Waals surface area contributed by atoms with Gasteiger partial charge in [0.05, 0.1) is 11.2 Å². The van der Waals surface area contributed by atoms with E-state index >= 15 is 0 Å². The molecule has 0 bridgehead atoms. The number of benzene rings is 8. The molecule has 0 aliphatic rings. The van der Waals surface area contributed by atoms with Gasteiger partial charge in [0.1, 0.15) is 0 Å². The fourth-order valence-electron chi connectivity index (χ4n) is 8.03. The summed E-state index contributed by atoms with van der Waals surface area (Å²) in [4.78, 5) is 20.1. The van der Waals surface area contributed by atoms with Crippen molar-refractivity contribution in [1.29, 1.82) is 0 Å². The van der Waals surface area contributed by atoms with E-state index in [0.717, 1.165) is 77.8 Å². The molecule has 0 unspecified atom stereocenters. The van der Waals surface area contributed by atoms with Crippen molar-refractivity contribution in [1.82, 2.24) is 19.9 Å². The molecule has 0 saturated carbocycles. The topological polar surface area (TPSA) is 51.6 Å². The van der Waals surface area contributed by atoms with Gasteiger partial charge in [-0.2, -0.15) is 36.4 Å². The van der Waals surface area contributed by atoms with Crippen molar-refractivity contribution in [2.24, 2.45) is 0 Å². The molecule has 0 saturated heterocycles. The predicted octanol–water partition coefficient (Wildman–Crippen LogP) is 14.0. The molecule has 0 N–H and O–H groups in total. The van der Waals surface area contributed by atoms with Crippen molar-refractivity contribution in [3.05, 3.63) is 217 Å². The number of nitrogens with zero attached hydrogens (tertiary/aromatic N) is 4. The zero-order chi connectivity index (χ0) is 40.4. The summed E-state index contributed by atoms with van der Waals surface area (Å²) in [6.07, 6.45) is 0. The van der Waals surface area contributed by atoms with E-state index in [0.29, 0.717) is 17.5 Å². The largest absolute Gasteiger partial charge is 2.00 e. The van der Waals surface area contributed by atoms with Crippen molar-refractivity contribution in [3.8, 4) is 89.9 Å². The summed E-state index contributed by atoms with van der Waals surface area (Å²) in [5, 5.41) is 1.12. The molecular formula is C56H38N4U. The summed E-state index contributed by atoms with van der Waals surface area (Å²) in [5.41, 5.74) is 17.1. The van der Waals surface area contributed by atoms with Crippen LogP contribution in [0.25, 0.3) is 101 Å². The normalized spacial score (nSPS) is 11.0. The SMILES string of the molecule is Cc1ccccc1-c1c(C)c(-c2ccc(-c3nc(-c4ccccc4)nc(-c4ccccc4)n3)cc2)nc2ccc(-c3ccc(-c4ccc[c-]c4-c4[c-]cccc4)cc3)cc12.[U+2]. The Hall–Kier alpha value is -6.77. The van der Waals surface area contributed by atoms with Crippen LogP contribution in [-0.4, -0.2) is 19.9 Å². The maximum Gasteiger partial charge on any atom is 2.00 e.